The van der Waals surface area contributed by atoms with E-state index in [1.807, 2.05) is 49.4 Å². The molecule has 5 N–H and O–H groups in total. The number of hydrogen-bond donors (Lipinski definition) is 3. The van der Waals surface area contributed by atoms with Gasteiger partial charge in [-0.15, -0.1) is 0 Å². The highest BCUT2D eigenvalue weighted by Crippen LogP contribution is 2.27. The van der Waals surface area contributed by atoms with E-state index in [9.17, 15) is 9.59 Å². The molecule has 0 saturated heterocycles. The highest BCUT2D eigenvalue weighted by molar-refractivity contribution is 5.84. The van der Waals surface area contributed by atoms with E-state index in [0.29, 0.717) is 36.2 Å². The summed E-state index contributed by atoms with van der Waals surface area (Å²) in [5.41, 5.74) is 13.7. The van der Waals surface area contributed by atoms with Gasteiger partial charge in [-0.25, -0.2) is 4.79 Å². The summed E-state index contributed by atoms with van der Waals surface area (Å²) < 4.78 is 5.67. The monoisotopic (exact) mass is 496 g/mol. The van der Waals surface area contributed by atoms with Crippen molar-refractivity contribution in [3.05, 3.63) is 64.5 Å². The van der Waals surface area contributed by atoms with Gasteiger partial charge in [0.05, 0.1) is 5.56 Å². The Morgan fingerprint density at radius 3 is 2.08 bits per heavy atom. The topological polar surface area (TPSA) is 132 Å². The van der Waals surface area contributed by atoms with E-state index in [2.05, 4.69) is 49.7 Å². The fraction of sp³-hybridized carbons (Fsp3) is 0.393. The van der Waals surface area contributed by atoms with E-state index in [1.165, 1.54) is 5.56 Å². The Labute approximate surface area is 213 Å². The predicted octanol–water partition coefficient (Wildman–Crippen LogP) is 3.83. The van der Waals surface area contributed by atoms with Crippen LogP contribution in [-0.2, 0) is 16.0 Å². The van der Waals surface area contributed by atoms with E-state index < -0.39 is 0 Å². The summed E-state index contributed by atoms with van der Waals surface area (Å²) in [6, 6.07) is 16.7. The molecule has 36 heavy (non-hydrogen) atoms. The number of fused-ring (bicyclic) bond motifs is 1. The van der Waals surface area contributed by atoms with Gasteiger partial charge in [0.2, 0.25) is 12.8 Å². The maximum Gasteiger partial charge on any atom is 0.344 e. The SMILES string of the molecule is CC(C)N(c1ccc2cc(-c3ccc(CCN)cc3)c(=O)oc2c1)C(C)C.CCCNC=O.NC=O. The van der Waals surface area contributed by atoms with Crippen LogP contribution in [0.5, 0.6) is 0 Å². The first kappa shape index (κ1) is 30.4. The molecule has 0 fully saturated rings. The molecule has 0 aliphatic carbocycles. The van der Waals surface area contributed by atoms with E-state index in [0.717, 1.165) is 36.0 Å². The first-order chi connectivity index (χ1) is 17.2. The molecule has 0 saturated carbocycles. The zero-order chi connectivity index (χ0) is 27.1. The maximum atomic E-state index is 12.6. The molecule has 0 atom stereocenters. The molecular weight excluding hydrogens is 456 g/mol. The second-order valence-corrected chi connectivity index (χ2v) is 8.71. The van der Waals surface area contributed by atoms with Gasteiger partial charge >= 0.3 is 5.63 Å². The lowest BCUT2D eigenvalue weighted by Gasteiger charge is -2.33. The van der Waals surface area contributed by atoms with Crippen molar-refractivity contribution in [1.29, 1.82) is 0 Å². The van der Waals surface area contributed by atoms with Crippen LogP contribution in [0.2, 0.25) is 0 Å². The number of nitrogens with one attached hydrogen (secondary N) is 1. The molecule has 0 spiro atoms. The summed E-state index contributed by atoms with van der Waals surface area (Å²) in [5.74, 6) is 0. The van der Waals surface area contributed by atoms with Crippen molar-refractivity contribution in [1.82, 2.24) is 5.32 Å². The normalized spacial score (nSPS) is 10.2. The molecule has 0 unspecified atom stereocenters. The first-order valence-corrected chi connectivity index (χ1v) is 12.2. The molecule has 2 amide bonds. The van der Waals surface area contributed by atoms with Crippen molar-refractivity contribution in [2.45, 2.75) is 59.5 Å². The predicted molar refractivity (Wildman–Crippen MR) is 148 cm³/mol. The Bertz CT molecular complexity index is 1120. The van der Waals surface area contributed by atoms with Gasteiger partial charge in [-0.3, -0.25) is 9.59 Å². The van der Waals surface area contributed by atoms with Gasteiger partial charge in [0, 0.05) is 35.8 Å². The van der Waals surface area contributed by atoms with Crippen LogP contribution in [0.25, 0.3) is 22.1 Å². The number of benzene rings is 2. The molecule has 0 radical (unpaired) electrons. The van der Waals surface area contributed by atoms with Crippen molar-refractivity contribution in [2.24, 2.45) is 11.5 Å². The lowest BCUT2D eigenvalue weighted by molar-refractivity contribution is -0.109. The van der Waals surface area contributed by atoms with Crippen LogP contribution in [0.4, 0.5) is 5.69 Å². The fourth-order valence-corrected chi connectivity index (χ4v) is 3.88. The second kappa shape index (κ2) is 16.1. The number of nitrogens with two attached hydrogens (primary N) is 2. The van der Waals surface area contributed by atoms with Gasteiger partial charge in [-0.05, 0) is 76.4 Å². The third-order valence-corrected chi connectivity index (χ3v) is 5.31. The number of carbonyl (C=O) groups excluding carboxylic acids is 2. The minimum Gasteiger partial charge on any atom is -0.422 e. The Morgan fingerprint density at radius 2 is 1.61 bits per heavy atom. The lowest BCUT2D eigenvalue weighted by atomic mass is 10.0. The van der Waals surface area contributed by atoms with E-state index >= 15 is 0 Å². The molecule has 0 aliphatic heterocycles. The number of nitrogens with zero attached hydrogens (tertiary/aromatic N) is 1. The highest BCUT2D eigenvalue weighted by Gasteiger charge is 2.16. The number of hydrogen-bond acceptors (Lipinski definition) is 6. The first-order valence-electron chi connectivity index (χ1n) is 12.2. The standard InChI is InChI=1S/C23H28N2O2.C4H9NO.CH3NO/c1-15(2)25(16(3)4)20-10-9-19-13-21(23(26)27-22(19)14-20)18-7-5-17(6-8-18)11-12-24;1-2-3-5-4-6;2-1-3/h5-10,13-16H,11-12,24H2,1-4H3;4H,2-3H2,1H3,(H,5,6);1H,(H2,2,3). The highest BCUT2D eigenvalue weighted by atomic mass is 16.4. The maximum absolute atomic E-state index is 12.6. The van der Waals surface area contributed by atoms with Crippen molar-refractivity contribution >= 4 is 29.5 Å². The molecule has 3 rings (SSSR count). The Balaban J connectivity index is 0.000000621. The van der Waals surface area contributed by atoms with Gasteiger partial charge in [0.1, 0.15) is 5.58 Å². The summed E-state index contributed by atoms with van der Waals surface area (Å²) in [6.07, 6.45) is 2.81. The number of primary amides is 1. The number of rotatable bonds is 9. The van der Waals surface area contributed by atoms with Crippen LogP contribution in [0.1, 0.15) is 46.6 Å². The Kier molecular flexibility index (Phi) is 13.6. The van der Waals surface area contributed by atoms with Crippen LogP contribution in [0.15, 0.2) is 57.7 Å². The molecule has 2 aromatic carbocycles. The third kappa shape index (κ3) is 9.19. The average Bonchev–Trinajstić information content (AvgIpc) is 2.83. The van der Waals surface area contributed by atoms with Gasteiger partial charge in [-0.2, -0.15) is 0 Å². The Morgan fingerprint density at radius 1 is 1.00 bits per heavy atom. The molecule has 8 heteroatoms. The molecule has 3 aromatic rings. The zero-order valence-corrected chi connectivity index (χ0v) is 22.0. The van der Waals surface area contributed by atoms with Crippen molar-refractivity contribution < 1.29 is 14.0 Å². The van der Waals surface area contributed by atoms with Crippen molar-refractivity contribution in [3.8, 4) is 11.1 Å². The molecule has 0 aliphatic rings. The molecule has 8 nitrogen and oxygen atoms in total. The minimum atomic E-state index is -0.313. The van der Waals surface area contributed by atoms with Crippen LogP contribution in [-0.4, -0.2) is 38.0 Å². The van der Waals surface area contributed by atoms with E-state index in [1.54, 1.807) is 0 Å². The summed E-state index contributed by atoms with van der Waals surface area (Å²) in [7, 11) is 0. The van der Waals surface area contributed by atoms with Crippen LogP contribution < -0.4 is 27.3 Å². The van der Waals surface area contributed by atoms with Gasteiger partial charge in [-0.1, -0.05) is 31.2 Å². The summed E-state index contributed by atoms with van der Waals surface area (Å²) in [6.45, 7) is 12.1. The largest absolute Gasteiger partial charge is 0.422 e. The number of amides is 2. The smallest absolute Gasteiger partial charge is 0.344 e. The van der Waals surface area contributed by atoms with Gasteiger partial charge < -0.3 is 26.1 Å². The summed E-state index contributed by atoms with van der Waals surface area (Å²) in [5, 5.41) is 3.44. The third-order valence-electron chi connectivity index (χ3n) is 5.31. The molecule has 1 heterocycles. The number of anilines is 1. The molecule has 0 bridgehead atoms. The van der Waals surface area contributed by atoms with Crippen LogP contribution in [0, 0.1) is 0 Å². The molecule has 1 aromatic heterocycles. The van der Waals surface area contributed by atoms with Crippen molar-refractivity contribution in [3.63, 3.8) is 0 Å². The van der Waals surface area contributed by atoms with Gasteiger partial charge in [0.25, 0.3) is 0 Å². The fourth-order valence-electron chi connectivity index (χ4n) is 3.88. The quantitative estimate of drug-likeness (QED) is 0.234. The second-order valence-electron chi connectivity index (χ2n) is 8.71. The van der Waals surface area contributed by atoms with Gasteiger partial charge in [0.15, 0.2) is 0 Å². The average molecular weight is 497 g/mol. The van der Waals surface area contributed by atoms with Crippen LogP contribution in [0.3, 0.4) is 0 Å². The summed E-state index contributed by atoms with van der Waals surface area (Å²) in [4.78, 5) is 32.9. The zero-order valence-electron chi connectivity index (χ0n) is 22.0. The van der Waals surface area contributed by atoms with Crippen LogP contribution >= 0.6 is 0 Å². The Hall–Kier alpha value is -3.65. The van der Waals surface area contributed by atoms with Crippen molar-refractivity contribution in [2.75, 3.05) is 18.0 Å². The van der Waals surface area contributed by atoms with E-state index in [4.69, 9.17) is 14.9 Å². The summed E-state index contributed by atoms with van der Waals surface area (Å²) >= 11 is 0. The minimum absolute atomic E-state index is 0.250. The number of carbonyl (C=O) groups is 2. The molecular formula is C28H40N4O4. The molecule has 196 valence electrons. The van der Waals surface area contributed by atoms with E-state index in [-0.39, 0.29) is 12.0 Å². The lowest BCUT2D eigenvalue weighted by Crippen LogP contribution is -2.36.